The van der Waals surface area contributed by atoms with E-state index in [1.54, 1.807) is 0 Å². The van der Waals surface area contributed by atoms with Crippen LogP contribution < -0.4 is 10.9 Å². The summed E-state index contributed by atoms with van der Waals surface area (Å²) in [6.07, 6.45) is 0. The molecule has 1 aliphatic carbocycles. The summed E-state index contributed by atoms with van der Waals surface area (Å²) in [5.74, 6) is 0.664. The van der Waals surface area contributed by atoms with Crippen molar-refractivity contribution in [1.29, 1.82) is 0 Å². The maximum atomic E-state index is 6.31. The van der Waals surface area contributed by atoms with Crippen LogP contribution in [0.1, 0.15) is 66.5 Å². The molecule has 0 radical (unpaired) electrons. The molecule has 0 amide bonds. The second-order valence-corrected chi connectivity index (χ2v) is 11.3. The Morgan fingerprint density at radius 2 is 1.12 bits per heavy atom. The Morgan fingerprint density at radius 1 is 0.656 bits per heavy atom. The van der Waals surface area contributed by atoms with Crippen LogP contribution in [0.5, 0.6) is 0 Å². The fraction of sp³-hybridized carbons (Fsp3) is 0.462. The smallest absolute Gasteiger partial charge is 0.534 e. The van der Waals surface area contributed by atoms with Crippen molar-refractivity contribution in [1.82, 2.24) is 0 Å². The summed E-state index contributed by atoms with van der Waals surface area (Å²) in [6, 6.07) is 13.1. The lowest BCUT2D eigenvalue weighted by Gasteiger charge is -2.32. The molecule has 32 heavy (non-hydrogen) atoms. The summed E-state index contributed by atoms with van der Waals surface area (Å²) in [5, 5.41) is 0. The van der Waals surface area contributed by atoms with Gasteiger partial charge in [-0.1, -0.05) is 56.8 Å². The molecular formula is C26H32B2O4. The lowest BCUT2D eigenvalue weighted by Crippen LogP contribution is -2.41. The zero-order valence-electron chi connectivity index (χ0n) is 20.5. The summed E-state index contributed by atoms with van der Waals surface area (Å²) in [7, 11) is -0.795. The van der Waals surface area contributed by atoms with Gasteiger partial charge in [0.05, 0.1) is 17.0 Å². The van der Waals surface area contributed by atoms with E-state index in [4.69, 9.17) is 18.6 Å². The average molecular weight is 430 g/mol. The molecule has 0 spiro atoms. The first-order valence-electron chi connectivity index (χ1n) is 11.4. The third-order valence-electron chi connectivity index (χ3n) is 7.84. The Balaban J connectivity index is 1.50. The summed E-state index contributed by atoms with van der Waals surface area (Å²) >= 11 is 0. The first kappa shape index (κ1) is 21.8. The van der Waals surface area contributed by atoms with Crippen LogP contribution in [0.3, 0.4) is 0 Å². The molecule has 0 atom stereocenters. The van der Waals surface area contributed by atoms with Crippen molar-refractivity contribution in [3.8, 4) is 11.1 Å². The van der Waals surface area contributed by atoms with Crippen LogP contribution in [-0.4, -0.2) is 31.0 Å². The Labute approximate surface area is 192 Å². The van der Waals surface area contributed by atoms with E-state index in [9.17, 15) is 0 Å². The minimum absolute atomic E-state index is 0.161. The van der Waals surface area contributed by atoms with E-state index in [0.29, 0.717) is 5.76 Å². The van der Waals surface area contributed by atoms with E-state index in [1.165, 1.54) is 22.3 Å². The van der Waals surface area contributed by atoms with E-state index in [0.717, 1.165) is 10.9 Å². The Morgan fingerprint density at radius 3 is 1.56 bits per heavy atom. The van der Waals surface area contributed by atoms with Crippen LogP contribution >= 0.6 is 0 Å². The third kappa shape index (κ3) is 3.03. The highest BCUT2D eigenvalue weighted by Crippen LogP contribution is 2.48. The Bertz CT molecular complexity index is 1120. The molecule has 2 saturated heterocycles. The van der Waals surface area contributed by atoms with Gasteiger partial charge < -0.3 is 18.6 Å². The molecule has 5 rings (SSSR count). The van der Waals surface area contributed by atoms with Gasteiger partial charge in [0.2, 0.25) is 0 Å². The summed E-state index contributed by atoms with van der Waals surface area (Å²) in [4.78, 5) is 0. The van der Waals surface area contributed by atoms with Gasteiger partial charge >= 0.3 is 14.2 Å². The summed E-state index contributed by atoms with van der Waals surface area (Å²) in [5.41, 5.74) is 5.79. The molecule has 4 nitrogen and oxygen atoms in total. The van der Waals surface area contributed by atoms with E-state index in [-0.39, 0.29) is 23.7 Å². The monoisotopic (exact) mass is 430 g/mol. The zero-order chi connectivity index (χ0) is 23.3. The summed E-state index contributed by atoms with van der Waals surface area (Å²) < 4.78 is 24.7. The van der Waals surface area contributed by atoms with Gasteiger partial charge in [0, 0.05) is 5.41 Å². The molecule has 0 saturated carbocycles. The second kappa shape index (κ2) is 6.53. The van der Waals surface area contributed by atoms with Gasteiger partial charge in [-0.15, -0.1) is 0 Å². The fourth-order valence-electron chi connectivity index (χ4n) is 4.81. The van der Waals surface area contributed by atoms with Gasteiger partial charge in [-0.3, -0.25) is 0 Å². The molecule has 2 aromatic rings. The molecule has 2 aromatic carbocycles. The van der Waals surface area contributed by atoms with Gasteiger partial charge in [-0.05, 0) is 74.7 Å². The SMILES string of the molecule is C=C1OB(c2ccc3c(c2)C(C)(C)c2cc(B4OC(C)(C)C(C)(C)O4)ccc2-3)OC1(C)C. The van der Waals surface area contributed by atoms with Gasteiger partial charge in [0.15, 0.2) is 0 Å². The normalized spacial score (nSPS) is 23.8. The van der Waals surface area contributed by atoms with Gasteiger partial charge in [-0.25, -0.2) is 0 Å². The van der Waals surface area contributed by atoms with Crippen molar-refractivity contribution in [3.63, 3.8) is 0 Å². The number of fused-ring (bicyclic) bond motifs is 3. The van der Waals surface area contributed by atoms with Crippen LogP contribution in [0, 0.1) is 0 Å². The Hall–Kier alpha value is -2.01. The van der Waals surface area contributed by atoms with Gasteiger partial charge in [-0.2, -0.15) is 0 Å². The molecule has 2 fully saturated rings. The standard InChI is InChI=1S/C26H32B2O4/c1-16-24(4,5)30-27(29-16)17-10-12-19-20-13-11-18(15-22(20)23(2,3)21(19)14-17)28-31-25(6,7)26(8,9)32-28/h10-15H,1H2,2-9H3. The van der Waals surface area contributed by atoms with Crippen molar-refractivity contribution in [2.45, 2.75) is 77.6 Å². The van der Waals surface area contributed by atoms with Crippen molar-refractivity contribution in [3.05, 3.63) is 59.9 Å². The Kier molecular flexibility index (Phi) is 4.45. The molecule has 6 heteroatoms. The molecule has 0 aromatic heterocycles. The zero-order valence-corrected chi connectivity index (χ0v) is 20.5. The lowest BCUT2D eigenvalue weighted by molar-refractivity contribution is 0.00578. The lowest BCUT2D eigenvalue weighted by atomic mass is 9.73. The molecule has 3 aliphatic rings. The van der Waals surface area contributed by atoms with E-state index in [1.807, 2.05) is 13.8 Å². The first-order chi connectivity index (χ1) is 14.7. The molecule has 0 unspecified atom stereocenters. The van der Waals surface area contributed by atoms with Crippen LogP contribution in [0.25, 0.3) is 11.1 Å². The average Bonchev–Trinajstić information content (AvgIpc) is 3.19. The maximum Gasteiger partial charge on any atom is 0.563 e. The van der Waals surface area contributed by atoms with E-state index < -0.39 is 12.7 Å². The predicted octanol–water partition coefficient (Wildman–Crippen LogP) is 4.33. The van der Waals surface area contributed by atoms with E-state index >= 15 is 0 Å². The number of hydrogen-bond acceptors (Lipinski definition) is 4. The first-order valence-corrected chi connectivity index (χ1v) is 11.4. The van der Waals surface area contributed by atoms with Crippen LogP contribution in [-0.2, 0) is 24.0 Å². The van der Waals surface area contributed by atoms with Crippen molar-refractivity contribution in [2.24, 2.45) is 0 Å². The predicted molar refractivity (Wildman–Crippen MR) is 130 cm³/mol. The number of benzene rings is 2. The molecule has 0 bridgehead atoms. The quantitative estimate of drug-likeness (QED) is 0.666. The van der Waals surface area contributed by atoms with E-state index in [2.05, 4.69) is 84.5 Å². The van der Waals surface area contributed by atoms with Crippen LogP contribution in [0.2, 0.25) is 0 Å². The second-order valence-electron chi connectivity index (χ2n) is 11.3. The molecule has 2 heterocycles. The van der Waals surface area contributed by atoms with Crippen LogP contribution in [0.15, 0.2) is 48.7 Å². The van der Waals surface area contributed by atoms with Crippen molar-refractivity contribution < 1.29 is 18.6 Å². The van der Waals surface area contributed by atoms with Crippen molar-refractivity contribution >= 4 is 25.2 Å². The van der Waals surface area contributed by atoms with Gasteiger partial charge in [0.1, 0.15) is 5.60 Å². The minimum Gasteiger partial charge on any atom is -0.534 e. The molecule has 2 aliphatic heterocycles. The van der Waals surface area contributed by atoms with Crippen molar-refractivity contribution in [2.75, 3.05) is 0 Å². The number of rotatable bonds is 2. The third-order valence-corrected chi connectivity index (χ3v) is 7.84. The minimum atomic E-state index is -0.486. The fourth-order valence-corrected chi connectivity index (χ4v) is 4.81. The van der Waals surface area contributed by atoms with Crippen LogP contribution in [0.4, 0.5) is 0 Å². The van der Waals surface area contributed by atoms with Gasteiger partial charge in [0.25, 0.3) is 0 Å². The highest BCUT2D eigenvalue weighted by Gasteiger charge is 2.52. The highest BCUT2D eigenvalue weighted by molar-refractivity contribution is 6.62. The maximum absolute atomic E-state index is 6.31. The number of hydrogen-bond donors (Lipinski definition) is 0. The topological polar surface area (TPSA) is 36.9 Å². The molecule has 166 valence electrons. The summed E-state index contributed by atoms with van der Waals surface area (Å²) in [6.45, 7) is 20.9. The molecular weight excluding hydrogens is 398 g/mol. The highest BCUT2D eigenvalue weighted by atomic mass is 16.7. The molecule has 0 N–H and O–H groups in total. The largest absolute Gasteiger partial charge is 0.563 e.